The molecule has 2 aliphatic heterocycles. The Morgan fingerprint density at radius 2 is 1.71 bits per heavy atom. The number of nitrogens with zero attached hydrogens (tertiary/aromatic N) is 2. The van der Waals surface area contributed by atoms with Crippen LogP contribution >= 0.6 is 0 Å². The highest BCUT2D eigenvalue weighted by molar-refractivity contribution is 6.00. The molecule has 2 fully saturated rings. The number of hydrogen-bond acceptors (Lipinski definition) is 15. The molecule has 2 aliphatic rings. The lowest BCUT2D eigenvalue weighted by Crippen LogP contribution is -2.60. The Hall–Kier alpha value is -2.24. The smallest absolute Gasteiger partial charge is 0.326 e. The summed E-state index contributed by atoms with van der Waals surface area (Å²) in [6.45, 7) is 12.8. The highest BCUT2D eigenvalue weighted by atomic mass is 16.7. The van der Waals surface area contributed by atoms with Crippen LogP contribution in [0.4, 0.5) is 0 Å². The second-order valence-corrected chi connectivity index (χ2v) is 14.4. The van der Waals surface area contributed by atoms with E-state index in [1.807, 2.05) is 32.8 Å². The van der Waals surface area contributed by atoms with E-state index >= 15 is 0 Å². The van der Waals surface area contributed by atoms with Gasteiger partial charge in [0.05, 0.1) is 36.7 Å². The van der Waals surface area contributed by atoms with Crippen LogP contribution in [0.5, 0.6) is 0 Å². The monoisotopic (exact) mass is 703 g/mol. The predicted octanol–water partition coefficient (Wildman–Crippen LogP) is 1.03. The summed E-state index contributed by atoms with van der Waals surface area (Å²) in [5.74, 6) is -5.80. The second-order valence-electron chi connectivity index (χ2n) is 14.4. The Balaban J connectivity index is 2.73. The molecule has 0 aromatic rings. The molecular weight excluding hydrogens is 642 g/mol. The Bertz CT molecular complexity index is 1150. The number of ether oxygens (including phenoxy) is 5. The molecule has 0 unspecified atom stereocenters. The molecule has 0 radical (unpaired) electrons. The topological polar surface area (TPSA) is 209 Å². The number of aliphatic hydroxyl groups excluding tert-OH is 2. The summed E-state index contributed by atoms with van der Waals surface area (Å²) in [5, 5.41) is 38.9. The maximum absolute atomic E-state index is 14.0. The first-order valence-corrected chi connectivity index (χ1v) is 17.1. The molecule has 0 saturated carbocycles. The summed E-state index contributed by atoms with van der Waals surface area (Å²) in [5.41, 5.74) is 2.86. The van der Waals surface area contributed by atoms with E-state index in [9.17, 15) is 29.7 Å². The molecule has 49 heavy (non-hydrogen) atoms. The number of likely N-dealkylation sites (N-methyl/N-ethyl adjacent to an activating group) is 1. The van der Waals surface area contributed by atoms with Crippen molar-refractivity contribution in [2.45, 2.75) is 135 Å². The molecule has 0 amide bonds. The Morgan fingerprint density at radius 3 is 2.24 bits per heavy atom. The minimum atomic E-state index is -1.98. The molecule has 0 aromatic carbocycles. The number of carbonyl (C=O) groups is 3. The third kappa shape index (κ3) is 9.97. The fourth-order valence-electron chi connectivity index (χ4n) is 7.03. The average Bonchev–Trinajstić information content (AvgIpc) is 3.05. The summed E-state index contributed by atoms with van der Waals surface area (Å²) in [7, 11) is 6.35. The largest absolute Gasteiger partial charge is 0.468 e. The number of carbonyl (C=O) groups excluding carboxylic acids is 3. The summed E-state index contributed by atoms with van der Waals surface area (Å²) in [6.07, 6.45) is -5.48. The van der Waals surface area contributed by atoms with Crippen molar-refractivity contribution in [1.29, 1.82) is 0 Å². The fourth-order valence-corrected chi connectivity index (χ4v) is 7.03. The highest BCUT2D eigenvalue weighted by Crippen LogP contribution is 2.38. The van der Waals surface area contributed by atoms with Crippen molar-refractivity contribution in [2.75, 3.05) is 34.9 Å². The zero-order valence-electron chi connectivity index (χ0n) is 31.2. The maximum Gasteiger partial charge on any atom is 0.326 e. The SMILES string of the molecule is CC[C@H]1OC(=O)[C@H](C)C(=O)[C@H](C)[C@@H](O[C@@H]2O[C@H](C)C[C@H](N(C)C)[C@H]2O)[C@](C)(OC)C[C@@H](C)/C(=N\OC[C@@H](N)C(=O)OC)[C@H](C)[C@@H](O)[C@]1(C)O. The van der Waals surface area contributed by atoms with Crippen LogP contribution < -0.4 is 5.73 Å². The zero-order valence-corrected chi connectivity index (χ0v) is 31.2. The first-order valence-electron chi connectivity index (χ1n) is 17.1. The van der Waals surface area contributed by atoms with Crippen LogP contribution in [-0.4, -0.2) is 139 Å². The molecule has 14 atom stereocenters. The minimum absolute atomic E-state index is 0.126. The number of methoxy groups -OCH3 is 2. The molecule has 15 heteroatoms. The predicted molar refractivity (Wildman–Crippen MR) is 179 cm³/mol. The van der Waals surface area contributed by atoms with E-state index in [1.165, 1.54) is 28.1 Å². The van der Waals surface area contributed by atoms with E-state index in [4.69, 9.17) is 29.5 Å². The molecule has 15 nitrogen and oxygen atoms in total. The van der Waals surface area contributed by atoms with Crippen molar-refractivity contribution in [2.24, 2.45) is 34.6 Å². The maximum atomic E-state index is 14.0. The highest BCUT2D eigenvalue weighted by Gasteiger charge is 2.51. The Kier molecular flexibility index (Phi) is 15.6. The second kappa shape index (κ2) is 17.8. The van der Waals surface area contributed by atoms with Gasteiger partial charge in [0.25, 0.3) is 0 Å². The van der Waals surface area contributed by atoms with Gasteiger partial charge in [-0.1, -0.05) is 32.9 Å². The van der Waals surface area contributed by atoms with E-state index in [0.29, 0.717) is 6.42 Å². The van der Waals surface area contributed by atoms with Crippen LogP contribution in [0.2, 0.25) is 0 Å². The van der Waals surface area contributed by atoms with Gasteiger partial charge in [-0.05, 0) is 61.1 Å². The Labute approximate surface area is 290 Å². The van der Waals surface area contributed by atoms with Gasteiger partial charge in [-0.3, -0.25) is 14.4 Å². The number of hydrogen-bond donors (Lipinski definition) is 4. The molecule has 2 saturated heterocycles. The molecule has 2 rings (SSSR count). The quantitative estimate of drug-likeness (QED) is 0.150. The van der Waals surface area contributed by atoms with Crippen molar-refractivity contribution in [3.8, 4) is 0 Å². The van der Waals surface area contributed by atoms with Gasteiger partial charge in [-0.15, -0.1) is 0 Å². The van der Waals surface area contributed by atoms with Crippen molar-refractivity contribution >= 4 is 23.4 Å². The number of aliphatic hydroxyl groups is 3. The average molecular weight is 704 g/mol. The van der Waals surface area contributed by atoms with Gasteiger partial charge in [0, 0.05) is 30.9 Å². The van der Waals surface area contributed by atoms with Gasteiger partial charge in [-0.25, -0.2) is 0 Å². The van der Waals surface area contributed by atoms with Gasteiger partial charge >= 0.3 is 11.9 Å². The van der Waals surface area contributed by atoms with Crippen molar-refractivity contribution in [1.82, 2.24) is 4.90 Å². The van der Waals surface area contributed by atoms with E-state index in [0.717, 1.165) is 0 Å². The first-order chi connectivity index (χ1) is 22.7. The molecule has 0 spiro atoms. The lowest BCUT2D eigenvalue weighted by atomic mass is 9.74. The third-order valence-corrected chi connectivity index (χ3v) is 10.3. The van der Waals surface area contributed by atoms with Crippen molar-refractivity contribution < 1.29 is 58.2 Å². The molecular formula is C34H61N3O12. The van der Waals surface area contributed by atoms with Crippen LogP contribution in [0.25, 0.3) is 0 Å². The van der Waals surface area contributed by atoms with Crippen LogP contribution in [0.1, 0.15) is 74.7 Å². The van der Waals surface area contributed by atoms with Gasteiger partial charge in [0.1, 0.15) is 36.4 Å². The number of nitrogens with two attached hydrogens (primary N) is 1. The van der Waals surface area contributed by atoms with Crippen LogP contribution in [-0.2, 0) is 42.9 Å². The number of cyclic esters (lactones) is 1. The number of esters is 2. The van der Waals surface area contributed by atoms with E-state index in [1.54, 1.807) is 27.7 Å². The van der Waals surface area contributed by atoms with Gasteiger partial charge in [0.15, 0.2) is 12.1 Å². The molecule has 0 aliphatic carbocycles. The van der Waals surface area contributed by atoms with E-state index in [-0.39, 0.29) is 37.3 Å². The van der Waals surface area contributed by atoms with Crippen molar-refractivity contribution in [3.05, 3.63) is 0 Å². The number of oxime groups is 1. The van der Waals surface area contributed by atoms with Crippen molar-refractivity contribution in [3.63, 3.8) is 0 Å². The summed E-state index contributed by atoms with van der Waals surface area (Å²) in [4.78, 5) is 46.8. The van der Waals surface area contributed by atoms with Crippen LogP contribution in [0.3, 0.4) is 0 Å². The summed E-state index contributed by atoms with van der Waals surface area (Å²) in [6, 6.07) is -1.44. The van der Waals surface area contributed by atoms with E-state index in [2.05, 4.69) is 9.89 Å². The standard InChI is InChI=1S/C34H61N3O12/c1-13-24-34(8,43)28(40)19(4)25(36-46-16-22(35)31(42)44-11)17(2)15-33(7,45-12)29(20(5)26(38)21(6)30(41)48-24)49-32-27(39)23(37(9)10)14-18(3)47-32/h17-24,27-29,32,39-40,43H,13-16,35H2,1-12H3/b36-25+/t17-,18-,19+,20+,21-,22-,23+,24-,27-,28-,29-,32+,33-,34-/m1/s1. The normalized spacial score (nSPS) is 41.6. The lowest BCUT2D eigenvalue weighted by Gasteiger charge is -2.47. The summed E-state index contributed by atoms with van der Waals surface area (Å²) < 4.78 is 29.1. The lowest BCUT2D eigenvalue weighted by molar-refractivity contribution is -0.295. The molecule has 2 heterocycles. The third-order valence-electron chi connectivity index (χ3n) is 10.3. The molecule has 5 N–H and O–H groups in total. The van der Waals surface area contributed by atoms with Gasteiger partial charge in [0.2, 0.25) is 0 Å². The number of ketones is 1. The molecule has 0 aromatic heterocycles. The zero-order chi connectivity index (χ0) is 37.6. The molecule has 0 bridgehead atoms. The van der Waals surface area contributed by atoms with E-state index < -0.39 is 89.3 Å². The number of rotatable bonds is 9. The fraction of sp³-hybridized carbons (Fsp3) is 0.882. The Morgan fingerprint density at radius 1 is 1.10 bits per heavy atom. The number of Topliss-reactive ketones (excluding diaryl/α,β-unsaturated/α-hetero) is 1. The van der Waals surface area contributed by atoms with Gasteiger partial charge in [-0.2, -0.15) is 0 Å². The molecule has 284 valence electrons. The minimum Gasteiger partial charge on any atom is -0.468 e. The van der Waals surface area contributed by atoms with Crippen LogP contribution in [0.15, 0.2) is 5.16 Å². The summed E-state index contributed by atoms with van der Waals surface area (Å²) >= 11 is 0. The van der Waals surface area contributed by atoms with Gasteiger partial charge < -0.3 is 54.5 Å². The first kappa shape index (κ1) is 42.9. The van der Waals surface area contributed by atoms with Crippen LogP contribution in [0, 0.1) is 23.7 Å².